The second-order valence-electron chi connectivity index (χ2n) is 7.54. The molecule has 0 bridgehead atoms. The molecule has 1 fully saturated rings. The lowest BCUT2D eigenvalue weighted by atomic mass is 9.84. The Labute approximate surface area is 187 Å². The average molecular weight is 521 g/mol. The molecule has 6 nitrogen and oxygen atoms in total. The van der Waals surface area contributed by atoms with Crippen molar-refractivity contribution in [3.8, 4) is 0 Å². The molecule has 3 rings (SSSR count). The minimum absolute atomic E-state index is 0. The molecule has 9 heteroatoms. The Balaban J connectivity index is 0.00000280. The predicted octanol–water partition coefficient (Wildman–Crippen LogP) is 3.95. The van der Waals surface area contributed by atoms with Crippen molar-refractivity contribution >= 4 is 41.5 Å². The summed E-state index contributed by atoms with van der Waals surface area (Å²) in [6.45, 7) is 6.63. The van der Waals surface area contributed by atoms with Gasteiger partial charge in [0.15, 0.2) is 5.96 Å². The zero-order chi connectivity index (χ0) is 19.4. The standard InChI is InChI=1S/C19H26ClFN6.HI/c1-19(2,15-5-4-14(21)10-16(15)20)11-23-18(22-3)27-8-6-13(7-9-27)17-24-12-25-26-17;/h4-5,10,12-13H,6-9,11H2,1-3H3,(H,22,23)(H,24,25,26);1H. The molecule has 1 aliphatic rings. The van der Waals surface area contributed by atoms with Crippen molar-refractivity contribution in [3.63, 3.8) is 0 Å². The number of aromatic amines is 1. The SMILES string of the molecule is CN=C(NCC(C)(C)c1ccc(F)cc1Cl)N1CCC(c2ncn[nH]2)CC1.I. The van der Waals surface area contributed by atoms with Gasteiger partial charge in [0, 0.05) is 43.0 Å². The summed E-state index contributed by atoms with van der Waals surface area (Å²) in [4.78, 5) is 11.0. The zero-order valence-electron chi connectivity index (χ0n) is 16.4. The van der Waals surface area contributed by atoms with Gasteiger partial charge < -0.3 is 10.2 Å². The Morgan fingerprint density at radius 1 is 1.39 bits per heavy atom. The molecule has 0 aliphatic carbocycles. The predicted molar refractivity (Wildman–Crippen MR) is 121 cm³/mol. The lowest BCUT2D eigenvalue weighted by Gasteiger charge is -2.35. The van der Waals surface area contributed by atoms with Gasteiger partial charge in [0.2, 0.25) is 0 Å². The Kier molecular flexibility index (Phi) is 8.06. The Hall–Kier alpha value is -1.42. The molecular formula is C19H27ClFIN6. The fraction of sp³-hybridized carbons (Fsp3) is 0.526. The molecule has 2 heterocycles. The van der Waals surface area contributed by atoms with Gasteiger partial charge in [0.25, 0.3) is 0 Å². The van der Waals surface area contributed by atoms with E-state index in [4.69, 9.17) is 11.6 Å². The Morgan fingerprint density at radius 3 is 2.68 bits per heavy atom. The summed E-state index contributed by atoms with van der Waals surface area (Å²) in [5.41, 5.74) is 0.649. The lowest BCUT2D eigenvalue weighted by molar-refractivity contribution is 0.296. The number of halogens is 3. The number of hydrogen-bond acceptors (Lipinski definition) is 3. The number of nitrogens with one attached hydrogen (secondary N) is 2. The number of guanidine groups is 1. The molecule has 2 N–H and O–H groups in total. The second kappa shape index (κ2) is 9.87. The van der Waals surface area contributed by atoms with E-state index in [1.807, 2.05) is 0 Å². The van der Waals surface area contributed by atoms with Gasteiger partial charge >= 0.3 is 0 Å². The smallest absolute Gasteiger partial charge is 0.193 e. The third kappa shape index (κ3) is 5.34. The van der Waals surface area contributed by atoms with E-state index in [2.05, 4.69) is 44.2 Å². The second-order valence-corrected chi connectivity index (χ2v) is 7.95. The molecule has 1 aromatic carbocycles. The summed E-state index contributed by atoms with van der Waals surface area (Å²) in [5, 5.41) is 10.8. The fourth-order valence-corrected chi connectivity index (χ4v) is 3.97. The van der Waals surface area contributed by atoms with E-state index in [1.165, 1.54) is 12.1 Å². The number of likely N-dealkylation sites (tertiary alicyclic amines) is 1. The molecule has 0 amide bonds. The molecule has 0 atom stereocenters. The molecule has 1 aliphatic heterocycles. The summed E-state index contributed by atoms with van der Waals surface area (Å²) < 4.78 is 13.3. The van der Waals surface area contributed by atoms with Crippen molar-refractivity contribution < 1.29 is 4.39 Å². The normalized spacial score (nSPS) is 16.0. The zero-order valence-corrected chi connectivity index (χ0v) is 19.5. The van der Waals surface area contributed by atoms with Crippen LogP contribution in [-0.4, -0.2) is 52.7 Å². The maximum Gasteiger partial charge on any atom is 0.193 e. The van der Waals surface area contributed by atoms with Crippen LogP contribution in [0.4, 0.5) is 4.39 Å². The third-order valence-corrected chi connectivity index (χ3v) is 5.49. The first-order chi connectivity index (χ1) is 12.9. The van der Waals surface area contributed by atoms with Crippen LogP contribution in [0.25, 0.3) is 0 Å². The number of benzene rings is 1. The van der Waals surface area contributed by atoms with Crippen molar-refractivity contribution in [2.75, 3.05) is 26.7 Å². The maximum atomic E-state index is 13.3. The van der Waals surface area contributed by atoms with E-state index >= 15 is 0 Å². The van der Waals surface area contributed by atoms with Crippen molar-refractivity contribution in [2.45, 2.75) is 38.0 Å². The number of aromatic nitrogens is 3. The van der Waals surface area contributed by atoms with Crippen molar-refractivity contribution in [1.82, 2.24) is 25.4 Å². The van der Waals surface area contributed by atoms with Crippen LogP contribution >= 0.6 is 35.6 Å². The van der Waals surface area contributed by atoms with Gasteiger partial charge in [-0.25, -0.2) is 9.37 Å². The largest absolute Gasteiger partial charge is 0.355 e. The van der Waals surface area contributed by atoms with Gasteiger partial charge in [0.1, 0.15) is 18.0 Å². The topological polar surface area (TPSA) is 69.2 Å². The summed E-state index contributed by atoms with van der Waals surface area (Å²) >= 11 is 6.25. The summed E-state index contributed by atoms with van der Waals surface area (Å²) in [7, 11) is 1.79. The van der Waals surface area contributed by atoms with E-state index in [-0.39, 0.29) is 35.2 Å². The number of H-pyrrole nitrogens is 1. The first-order valence-corrected chi connectivity index (χ1v) is 9.55. The van der Waals surface area contributed by atoms with Crippen LogP contribution in [0.3, 0.4) is 0 Å². The van der Waals surface area contributed by atoms with E-state index < -0.39 is 0 Å². The molecule has 28 heavy (non-hydrogen) atoms. The monoisotopic (exact) mass is 520 g/mol. The fourth-order valence-electron chi connectivity index (χ4n) is 3.54. The van der Waals surface area contributed by atoms with Crippen LogP contribution < -0.4 is 5.32 Å². The minimum Gasteiger partial charge on any atom is -0.355 e. The molecule has 0 saturated carbocycles. The molecule has 2 aromatic rings. The summed E-state index contributed by atoms with van der Waals surface area (Å²) in [6.07, 6.45) is 3.57. The van der Waals surface area contributed by atoms with Gasteiger partial charge in [-0.3, -0.25) is 10.1 Å². The third-order valence-electron chi connectivity index (χ3n) is 5.18. The van der Waals surface area contributed by atoms with Crippen LogP contribution in [0.2, 0.25) is 5.02 Å². The number of rotatable bonds is 4. The van der Waals surface area contributed by atoms with Crippen LogP contribution in [0.15, 0.2) is 29.5 Å². The minimum atomic E-state index is -0.321. The highest BCUT2D eigenvalue weighted by molar-refractivity contribution is 14.0. The highest BCUT2D eigenvalue weighted by Crippen LogP contribution is 2.30. The van der Waals surface area contributed by atoms with Crippen molar-refractivity contribution in [2.24, 2.45) is 4.99 Å². The number of nitrogens with zero attached hydrogens (tertiary/aromatic N) is 4. The van der Waals surface area contributed by atoms with Crippen LogP contribution in [0, 0.1) is 5.82 Å². The molecule has 0 spiro atoms. The van der Waals surface area contributed by atoms with Gasteiger partial charge in [0.05, 0.1) is 0 Å². The quantitative estimate of drug-likeness (QED) is 0.364. The Morgan fingerprint density at radius 2 is 2.11 bits per heavy atom. The average Bonchev–Trinajstić information content (AvgIpc) is 3.17. The first-order valence-electron chi connectivity index (χ1n) is 9.17. The first kappa shape index (κ1) is 22.9. The molecular weight excluding hydrogens is 494 g/mol. The molecule has 154 valence electrons. The van der Waals surface area contributed by atoms with Crippen molar-refractivity contribution in [1.29, 1.82) is 0 Å². The van der Waals surface area contributed by atoms with Crippen LogP contribution in [0.5, 0.6) is 0 Å². The van der Waals surface area contributed by atoms with E-state index in [1.54, 1.807) is 19.4 Å². The number of aliphatic imine (C=N–C) groups is 1. The van der Waals surface area contributed by atoms with E-state index in [9.17, 15) is 4.39 Å². The Bertz CT molecular complexity index is 788. The number of piperidine rings is 1. The van der Waals surface area contributed by atoms with Crippen molar-refractivity contribution in [3.05, 3.63) is 46.8 Å². The molecule has 0 unspecified atom stereocenters. The van der Waals surface area contributed by atoms with E-state index in [0.29, 0.717) is 17.5 Å². The highest BCUT2D eigenvalue weighted by atomic mass is 127. The molecule has 1 aromatic heterocycles. The van der Waals surface area contributed by atoms with E-state index in [0.717, 1.165) is 43.3 Å². The molecule has 0 radical (unpaired) electrons. The lowest BCUT2D eigenvalue weighted by Crippen LogP contribution is -2.48. The van der Waals surface area contributed by atoms with Gasteiger partial charge in [-0.15, -0.1) is 24.0 Å². The van der Waals surface area contributed by atoms with Crippen LogP contribution in [-0.2, 0) is 5.41 Å². The van der Waals surface area contributed by atoms with Gasteiger partial charge in [-0.2, -0.15) is 5.10 Å². The number of hydrogen-bond donors (Lipinski definition) is 2. The van der Waals surface area contributed by atoms with Gasteiger partial charge in [-0.05, 0) is 30.5 Å². The highest BCUT2D eigenvalue weighted by Gasteiger charge is 2.27. The van der Waals surface area contributed by atoms with Gasteiger partial charge in [-0.1, -0.05) is 31.5 Å². The molecule has 1 saturated heterocycles. The summed E-state index contributed by atoms with van der Waals surface area (Å²) in [5.74, 6) is 1.93. The van der Waals surface area contributed by atoms with Crippen LogP contribution in [0.1, 0.15) is 44.0 Å². The summed E-state index contributed by atoms with van der Waals surface area (Å²) in [6, 6.07) is 4.57. The maximum absolute atomic E-state index is 13.3.